The van der Waals surface area contributed by atoms with Crippen LogP contribution in [0.3, 0.4) is 0 Å². The number of H-pyrrole nitrogens is 1. The number of amides is 1. The van der Waals surface area contributed by atoms with Crippen molar-refractivity contribution in [3.8, 4) is 22.8 Å². The Morgan fingerprint density at radius 2 is 1.96 bits per heavy atom. The third-order valence-corrected chi connectivity index (χ3v) is 4.44. The number of benzene rings is 2. The Balaban J connectivity index is 1.82. The molecular weight excluding hydrogens is 358 g/mol. The van der Waals surface area contributed by atoms with E-state index in [0.717, 1.165) is 5.56 Å². The van der Waals surface area contributed by atoms with Gasteiger partial charge in [0.1, 0.15) is 11.5 Å². The molecule has 28 heavy (non-hydrogen) atoms. The maximum atomic E-state index is 12.8. The molecule has 1 heterocycles. The first-order valence-corrected chi connectivity index (χ1v) is 8.87. The van der Waals surface area contributed by atoms with E-state index in [2.05, 4.69) is 15.5 Å². The van der Waals surface area contributed by atoms with Gasteiger partial charge >= 0.3 is 0 Å². The van der Waals surface area contributed by atoms with Crippen molar-refractivity contribution in [2.75, 3.05) is 20.8 Å². The lowest BCUT2D eigenvalue weighted by molar-refractivity contribution is 0.0917. The van der Waals surface area contributed by atoms with E-state index in [4.69, 9.17) is 9.47 Å². The molecule has 0 saturated heterocycles. The molecule has 7 nitrogen and oxygen atoms in total. The highest BCUT2D eigenvalue weighted by molar-refractivity contribution is 6.00. The van der Waals surface area contributed by atoms with Gasteiger partial charge in [-0.15, -0.1) is 0 Å². The van der Waals surface area contributed by atoms with Crippen LogP contribution in [0.5, 0.6) is 11.5 Å². The Morgan fingerprint density at radius 1 is 1.18 bits per heavy atom. The molecular formula is C21H23N3O4. The first-order chi connectivity index (χ1) is 13.7. The topological polar surface area (TPSA) is 96.5 Å². The van der Waals surface area contributed by atoms with Crippen molar-refractivity contribution in [3.05, 3.63) is 65.9 Å². The number of hydrogen-bond donors (Lipinski definition) is 3. The zero-order valence-corrected chi connectivity index (χ0v) is 15.8. The second kappa shape index (κ2) is 9.05. The number of carbonyl (C=O) groups excluding carboxylic acids is 1. The Bertz CT molecular complexity index is 924. The maximum Gasteiger partial charge on any atom is 0.255 e. The molecule has 1 aromatic heterocycles. The average Bonchev–Trinajstić information content (AvgIpc) is 3.23. The lowest BCUT2D eigenvalue weighted by Crippen LogP contribution is -2.39. The van der Waals surface area contributed by atoms with Gasteiger partial charge in [-0.1, -0.05) is 30.3 Å². The van der Waals surface area contributed by atoms with Crippen molar-refractivity contribution in [2.45, 2.75) is 12.5 Å². The van der Waals surface area contributed by atoms with E-state index in [0.29, 0.717) is 34.7 Å². The van der Waals surface area contributed by atoms with Gasteiger partial charge in [0, 0.05) is 11.6 Å². The third kappa shape index (κ3) is 4.32. The smallest absolute Gasteiger partial charge is 0.255 e. The van der Waals surface area contributed by atoms with Crippen LogP contribution in [0.2, 0.25) is 0 Å². The van der Waals surface area contributed by atoms with Crippen LogP contribution in [0.25, 0.3) is 11.3 Å². The molecule has 0 saturated carbocycles. The van der Waals surface area contributed by atoms with Crippen molar-refractivity contribution in [3.63, 3.8) is 0 Å². The summed E-state index contributed by atoms with van der Waals surface area (Å²) in [7, 11) is 3.13. The summed E-state index contributed by atoms with van der Waals surface area (Å²) in [6.45, 7) is -0.167. The molecule has 0 aliphatic carbocycles. The molecule has 2 aromatic carbocycles. The predicted octanol–water partition coefficient (Wildman–Crippen LogP) is 2.43. The zero-order chi connectivity index (χ0) is 19.9. The number of rotatable bonds is 8. The largest absolute Gasteiger partial charge is 0.497 e. The highest BCUT2D eigenvalue weighted by Gasteiger charge is 2.21. The fourth-order valence-electron chi connectivity index (χ4n) is 2.99. The van der Waals surface area contributed by atoms with E-state index >= 15 is 0 Å². The average molecular weight is 381 g/mol. The summed E-state index contributed by atoms with van der Waals surface area (Å²) in [5.41, 5.74) is 2.63. The molecule has 0 fully saturated rings. The van der Waals surface area contributed by atoms with Gasteiger partial charge in [-0.05, 0) is 24.1 Å². The Hall–Kier alpha value is -3.32. The minimum Gasteiger partial charge on any atom is -0.497 e. The van der Waals surface area contributed by atoms with E-state index in [9.17, 15) is 9.90 Å². The van der Waals surface area contributed by atoms with Gasteiger partial charge < -0.3 is 19.9 Å². The molecule has 0 aliphatic heterocycles. The number of aromatic nitrogens is 2. The van der Waals surface area contributed by atoms with Crippen LogP contribution in [0, 0.1) is 0 Å². The second-order valence-electron chi connectivity index (χ2n) is 6.27. The standard InChI is InChI=1S/C21H23N3O4/c1-27-16-8-9-17(19(11-16)28-2)20-18(12-22-24-20)21(26)23-15(13-25)10-14-6-4-3-5-7-14/h3-9,11-12,15,25H,10,13H2,1-2H3,(H,22,24)(H,23,26)/t15-/m0/s1. The molecule has 146 valence electrons. The van der Waals surface area contributed by atoms with E-state index in [1.807, 2.05) is 30.3 Å². The fourth-order valence-corrected chi connectivity index (χ4v) is 2.99. The second-order valence-corrected chi connectivity index (χ2v) is 6.27. The molecule has 3 rings (SSSR count). The van der Waals surface area contributed by atoms with Gasteiger partial charge in [0.05, 0.1) is 44.3 Å². The van der Waals surface area contributed by atoms with Gasteiger partial charge in [-0.2, -0.15) is 5.10 Å². The van der Waals surface area contributed by atoms with Crippen molar-refractivity contribution >= 4 is 5.91 Å². The lowest BCUT2D eigenvalue weighted by Gasteiger charge is -2.17. The van der Waals surface area contributed by atoms with E-state index in [1.54, 1.807) is 32.4 Å². The summed E-state index contributed by atoms with van der Waals surface area (Å²) in [4.78, 5) is 12.8. The first-order valence-electron chi connectivity index (χ1n) is 8.87. The van der Waals surface area contributed by atoms with Crippen LogP contribution in [-0.4, -0.2) is 48.1 Å². The van der Waals surface area contributed by atoms with E-state index in [1.165, 1.54) is 6.20 Å². The van der Waals surface area contributed by atoms with E-state index < -0.39 is 6.04 Å². The van der Waals surface area contributed by atoms with Crippen LogP contribution < -0.4 is 14.8 Å². The van der Waals surface area contributed by atoms with Gasteiger partial charge in [-0.3, -0.25) is 9.89 Å². The number of ether oxygens (including phenoxy) is 2. The van der Waals surface area contributed by atoms with Gasteiger partial charge in [-0.25, -0.2) is 0 Å². The molecule has 1 amide bonds. The van der Waals surface area contributed by atoms with Crippen molar-refractivity contribution < 1.29 is 19.4 Å². The number of aliphatic hydroxyl groups is 1. The van der Waals surface area contributed by atoms with Gasteiger partial charge in [0.2, 0.25) is 0 Å². The van der Waals surface area contributed by atoms with Crippen LogP contribution in [-0.2, 0) is 6.42 Å². The van der Waals surface area contributed by atoms with Crippen LogP contribution in [0.1, 0.15) is 15.9 Å². The summed E-state index contributed by atoms with van der Waals surface area (Å²) < 4.78 is 10.6. The van der Waals surface area contributed by atoms with Crippen LogP contribution in [0.15, 0.2) is 54.7 Å². The van der Waals surface area contributed by atoms with E-state index in [-0.39, 0.29) is 12.5 Å². The first kappa shape index (κ1) is 19.4. The molecule has 7 heteroatoms. The minimum atomic E-state index is -0.407. The zero-order valence-electron chi connectivity index (χ0n) is 15.8. The highest BCUT2D eigenvalue weighted by atomic mass is 16.5. The van der Waals surface area contributed by atoms with Gasteiger partial charge in [0.15, 0.2) is 0 Å². The van der Waals surface area contributed by atoms with Crippen LogP contribution in [0.4, 0.5) is 0 Å². The summed E-state index contributed by atoms with van der Waals surface area (Å²) in [6, 6.07) is 14.6. The third-order valence-electron chi connectivity index (χ3n) is 4.44. The fraction of sp³-hybridized carbons (Fsp3) is 0.238. The Kier molecular flexibility index (Phi) is 6.29. The Labute approximate surface area is 163 Å². The number of nitrogens with zero attached hydrogens (tertiary/aromatic N) is 1. The summed E-state index contributed by atoms with van der Waals surface area (Å²) in [6.07, 6.45) is 1.99. The molecule has 3 N–H and O–H groups in total. The normalized spacial score (nSPS) is 11.7. The molecule has 0 radical (unpaired) electrons. The number of aromatic amines is 1. The summed E-state index contributed by atoms with van der Waals surface area (Å²) in [5, 5.41) is 19.4. The number of hydrogen-bond acceptors (Lipinski definition) is 5. The molecule has 0 bridgehead atoms. The number of methoxy groups -OCH3 is 2. The predicted molar refractivity (Wildman–Crippen MR) is 106 cm³/mol. The monoisotopic (exact) mass is 381 g/mol. The van der Waals surface area contributed by atoms with Crippen molar-refractivity contribution in [1.82, 2.24) is 15.5 Å². The highest BCUT2D eigenvalue weighted by Crippen LogP contribution is 2.33. The van der Waals surface area contributed by atoms with Crippen molar-refractivity contribution in [1.29, 1.82) is 0 Å². The number of aliphatic hydroxyl groups excluding tert-OH is 1. The molecule has 1 atom stereocenters. The lowest BCUT2D eigenvalue weighted by atomic mass is 10.0. The number of carbonyl (C=O) groups is 1. The molecule has 3 aromatic rings. The Morgan fingerprint density at radius 3 is 2.64 bits per heavy atom. The van der Waals surface area contributed by atoms with Crippen molar-refractivity contribution in [2.24, 2.45) is 0 Å². The quantitative estimate of drug-likeness (QED) is 0.557. The minimum absolute atomic E-state index is 0.167. The summed E-state index contributed by atoms with van der Waals surface area (Å²) >= 11 is 0. The maximum absolute atomic E-state index is 12.8. The van der Waals surface area contributed by atoms with Gasteiger partial charge in [0.25, 0.3) is 5.91 Å². The number of nitrogens with one attached hydrogen (secondary N) is 2. The summed E-state index contributed by atoms with van der Waals surface area (Å²) in [5.74, 6) is 0.881. The molecule has 0 spiro atoms. The molecule has 0 unspecified atom stereocenters. The molecule has 0 aliphatic rings. The SMILES string of the molecule is COc1ccc(-c2[nH]ncc2C(=O)N[C@H](CO)Cc2ccccc2)c(OC)c1. The van der Waals surface area contributed by atoms with Crippen LogP contribution >= 0.6 is 0 Å².